The standard InChI is InChI=1S/C14H20N2O2/c1-11(17)13-3-4-14(15-9-13)16-7-5-12(6-8-16)10-18-2/h3-5,9,11,17H,6-8,10H2,1-2H3/t11-/m1/s1. The van der Waals surface area contributed by atoms with Gasteiger partial charge in [0, 0.05) is 26.4 Å². The van der Waals surface area contributed by atoms with Crippen molar-refractivity contribution in [3.8, 4) is 0 Å². The molecule has 98 valence electrons. The second-order valence-corrected chi connectivity index (χ2v) is 4.62. The Balaban J connectivity index is 2.01. The third kappa shape index (κ3) is 3.09. The SMILES string of the molecule is COCC1=CCN(c2ccc([C@@H](C)O)cn2)CC1. The van der Waals surface area contributed by atoms with E-state index in [4.69, 9.17) is 4.74 Å². The van der Waals surface area contributed by atoms with Gasteiger partial charge in [-0.15, -0.1) is 0 Å². The number of methoxy groups -OCH3 is 1. The van der Waals surface area contributed by atoms with E-state index in [1.54, 1.807) is 20.2 Å². The first-order chi connectivity index (χ1) is 8.70. The number of ether oxygens (including phenoxy) is 1. The highest BCUT2D eigenvalue weighted by Crippen LogP contribution is 2.19. The van der Waals surface area contributed by atoms with E-state index in [-0.39, 0.29) is 0 Å². The van der Waals surface area contributed by atoms with Gasteiger partial charge >= 0.3 is 0 Å². The number of nitrogens with zero attached hydrogens (tertiary/aromatic N) is 2. The molecule has 0 amide bonds. The Labute approximate surface area is 108 Å². The molecule has 1 N–H and O–H groups in total. The van der Waals surface area contributed by atoms with E-state index in [1.165, 1.54) is 5.57 Å². The average molecular weight is 248 g/mol. The fourth-order valence-corrected chi connectivity index (χ4v) is 2.07. The molecule has 0 fully saturated rings. The molecule has 1 atom stereocenters. The Hall–Kier alpha value is -1.39. The Bertz CT molecular complexity index is 412. The lowest BCUT2D eigenvalue weighted by Gasteiger charge is -2.27. The van der Waals surface area contributed by atoms with E-state index >= 15 is 0 Å². The van der Waals surface area contributed by atoms with Gasteiger partial charge in [-0.2, -0.15) is 0 Å². The predicted octanol–water partition coefficient (Wildman–Crippen LogP) is 1.92. The summed E-state index contributed by atoms with van der Waals surface area (Å²) in [5.74, 6) is 0.965. The van der Waals surface area contributed by atoms with Crippen LogP contribution < -0.4 is 4.90 Å². The fourth-order valence-electron chi connectivity index (χ4n) is 2.07. The highest BCUT2D eigenvalue weighted by atomic mass is 16.5. The maximum absolute atomic E-state index is 9.44. The van der Waals surface area contributed by atoms with Gasteiger partial charge in [0.05, 0.1) is 12.7 Å². The van der Waals surface area contributed by atoms with Crippen molar-refractivity contribution in [2.24, 2.45) is 0 Å². The molecule has 1 aromatic heterocycles. The molecular weight excluding hydrogens is 228 g/mol. The number of aliphatic hydroxyl groups excluding tert-OH is 1. The molecule has 1 aliphatic heterocycles. The van der Waals surface area contributed by atoms with Gasteiger partial charge in [0.25, 0.3) is 0 Å². The molecule has 0 spiro atoms. The predicted molar refractivity (Wildman–Crippen MR) is 71.7 cm³/mol. The Morgan fingerprint density at radius 2 is 2.33 bits per heavy atom. The van der Waals surface area contributed by atoms with Crippen LogP contribution in [0, 0.1) is 0 Å². The summed E-state index contributed by atoms with van der Waals surface area (Å²) in [4.78, 5) is 6.63. The topological polar surface area (TPSA) is 45.6 Å². The minimum absolute atomic E-state index is 0.457. The normalized spacial score (nSPS) is 17.5. The third-order valence-corrected chi connectivity index (χ3v) is 3.21. The lowest BCUT2D eigenvalue weighted by atomic mass is 10.1. The maximum atomic E-state index is 9.44. The fraction of sp³-hybridized carbons (Fsp3) is 0.500. The van der Waals surface area contributed by atoms with E-state index in [0.29, 0.717) is 0 Å². The van der Waals surface area contributed by atoms with Crippen molar-refractivity contribution in [2.45, 2.75) is 19.4 Å². The minimum atomic E-state index is -0.457. The highest BCUT2D eigenvalue weighted by molar-refractivity contribution is 5.42. The molecule has 0 unspecified atom stereocenters. The van der Waals surface area contributed by atoms with Crippen molar-refractivity contribution in [3.63, 3.8) is 0 Å². The summed E-state index contributed by atoms with van der Waals surface area (Å²) >= 11 is 0. The Kier molecular flexibility index (Phi) is 4.33. The van der Waals surface area contributed by atoms with Crippen molar-refractivity contribution in [1.82, 2.24) is 4.98 Å². The van der Waals surface area contributed by atoms with E-state index in [9.17, 15) is 5.11 Å². The third-order valence-electron chi connectivity index (χ3n) is 3.21. The summed E-state index contributed by atoms with van der Waals surface area (Å²) in [6.45, 7) is 4.31. The first-order valence-corrected chi connectivity index (χ1v) is 6.26. The Morgan fingerprint density at radius 3 is 2.83 bits per heavy atom. The van der Waals surface area contributed by atoms with Gasteiger partial charge < -0.3 is 14.7 Å². The summed E-state index contributed by atoms with van der Waals surface area (Å²) in [7, 11) is 1.73. The van der Waals surface area contributed by atoms with Crippen LogP contribution in [0.1, 0.15) is 25.0 Å². The molecule has 0 saturated heterocycles. The zero-order valence-electron chi connectivity index (χ0n) is 11.0. The zero-order chi connectivity index (χ0) is 13.0. The molecule has 4 heteroatoms. The largest absolute Gasteiger partial charge is 0.389 e. The number of pyridine rings is 1. The van der Waals surface area contributed by atoms with Crippen LogP contribution in [-0.2, 0) is 4.74 Å². The first-order valence-electron chi connectivity index (χ1n) is 6.26. The molecule has 1 aromatic rings. The van der Waals surface area contributed by atoms with Gasteiger partial charge in [0.1, 0.15) is 5.82 Å². The van der Waals surface area contributed by atoms with Crippen molar-refractivity contribution in [3.05, 3.63) is 35.5 Å². The van der Waals surface area contributed by atoms with Crippen LogP contribution in [0.4, 0.5) is 5.82 Å². The second-order valence-electron chi connectivity index (χ2n) is 4.62. The van der Waals surface area contributed by atoms with Gasteiger partial charge in [-0.1, -0.05) is 12.1 Å². The van der Waals surface area contributed by atoms with Gasteiger partial charge in [0.2, 0.25) is 0 Å². The van der Waals surface area contributed by atoms with Crippen LogP contribution in [0.3, 0.4) is 0 Å². The molecule has 0 bridgehead atoms. The first kappa shape index (κ1) is 13.1. The molecule has 4 nitrogen and oxygen atoms in total. The molecule has 0 radical (unpaired) electrons. The van der Waals surface area contributed by atoms with Gasteiger partial charge in [-0.05, 0) is 30.5 Å². The quantitative estimate of drug-likeness (QED) is 0.827. The van der Waals surface area contributed by atoms with Gasteiger partial charge in [0.15, 0.2) is 0 Å². The summed E-state index contributed by atoms with van der Waals surface area (Å²) in [5.41, 5.74) is 2.21. The van der Waals surface area contributed by atoms with Crippen molar-refractivity contribution >= 4 is 5.82 Å². The number of hydrogen-bond donors (Lipinski definition) is 1. The van der Waals surface area contributed by atoms with Crippen LogP contribution in [0.25, 0.3) is 0 Å². The minimum Gasteiger partial charge on any atom is -0.389 e. The molecule has 0 saturated carbocycles. The van der Waals surface area contributed by atoms with Crippen molar-refractivity contribution in [1.29, 1.82) is 0 Å². The van der Waals surface area contributed by atoms with Crippen molar-refractivity contribution in [2.75, 3.05) is 31.7 Å². The molecule has 18 heavy (non-hydrogen) atoms. The summed E-state index contributed by atoms with van der Waals surface area (Å²) in [5, 5.41) is 9.44. The molecule has 1 aliphatic rings. The van der Waals surface area contributed by atoms with E-state index in [1.807, 2.05) is 12.1 Å². The zero-order valence-corrected chi connectivity index (χ0v) is 11.0. The molecule has 0 aliphatic carbocycles. The van der Waals surface area contributed by atoms with E-state index in [2.05, 4.69) is 16.0 Å². The second kappa shape index (κ2) is 5.98. The van der Waals surface area contributed by atoms with Crippen LogP contribution in [0.5, 0.6) is 0 Å². The smallest absolute Gasteiger partial charge is 0.128 e. The number of aliphatic hydroxyl groups is 1. The maximum Gasteiger partial charge on any atom is 0.128 e. The highest BCUT2D eigenvalue weighted by Gasteiger charge is 2.13. The number of rotatable bonds is 4. The average Bonchev–Trinajstić information content (AvgIpc) is 2.40. The number of anilines is 1. The summed E-state index contributed by atoms with van der Waals surface area (Å²) in [6.07, 6.45) is 4.51. The van der Waals surface area contributed by atoms with Crippen LogP contribution in [0.15, 0.2) is 30.0 Å². The molecule has 2 heterocycles. The van der Waals surface area contributed by atoms with Gasteiger partial charge in [-0.3, -0.25) is 0 Å². The molecule has 2 rings (SSSR count). The number of hydrogen-bond acceptors (Lipinski definition) is 4. The van der Waals surface area contributed by atoms with Crippen LogP contribution >= 0.6 is 0 Å². The lowest BCUT2D eigenvalue weighted by molar-refractivity contribution is 0.199. The van der Waals surface area contributed by atoms with Crippen molar-refractivity contribution < 1.29 is 9.84 Å². The van der Waals surface area contributed by atoms with Crippen LogP contribution in [-0.4, -0.2) is 36.9 Å². The Morgan fingerprint density at radius 1 is 1.50 bits per heavy atom. The van der Waals surface area contributed by atoms with Gasteiger partial charge in [-0.25, -0.2) is 4.98 Å². The van der Waals surface area contributed by atoms with E-state index < -0.39 is 6.10 Å². The number of aromatic nitrogens is 1. The monoisotopic (exact) mass is 248 g/mol. The summed E-state index contributed by atoms with van der Waals surface area (Å²) in [6, 6.07) is 3.90. The molecule has 0 aromatic carbocycles. The summed E-state index contributed by atoms with van der Waals surface area (Å²) < 4.78 is 5.13. The molecular formula is C14H20N2O2. The van der Waals surface area contributed by atoms with E-state index in [0.717, 1.165) is 37.5 Å². The van der Waals surface area contributed by atoms with Crippen LogP contribution in [0.2, 0.25) is 0 Å². The lowest BCUT2D eigenvalue weighted by Crippen LogP contribution is -2.30.